The van der Waals surface area contributed by atoms with Crippen molar-refractivity contribution in [2.75, 3.05) is 7.05 Å². The van der Waals surface area contributed by atoms with Crippen LogP contribution in [0.4, 0.5) is 0 Å². The molecule has 0 spiro atoms. The third kappa shape index (κ3) is 5.42. The summed E-state index contributed by atoms with van der Waals surface area (Å²) in [4.78, 5) is 0. The van der Waals surface area contributed by atoms with E-state index in [-0.39, 0.29) is 0 Å². The molecule has 1 nitrogen and oxygen atoms in total. The Labute approximate surface area is 109 Å². The smallest absolute Gasteiger partial charge is 0.00924 e. The van der Waals surface area contributed by atoms with Crippen LogP contribution in [0.1, 0.15) is 78.1 Å². The fraction of sp³-hybridized carbons (Fsp3) is 1.00. The van der Waals surface area contributed by atoms with Gasteiger partial charge in [-0.3, -0.25) is 0 Å². The molecule has 102 valence electrons. The van der Waals surface area contributed by atoms with Crippen LogP contribution >= 0.6 is 0 Å². The first kappa shape index (κ1) is 15.0. The SMILES string of the molecule is CCCCC(CC)CC1CCCCCC1NC. The van der Waals surface area contributed by atoms with E-state index >= 15 is 0 Å². The van der Waals surface area contributed by atoms with Crippen molar-refractivity contribution in [1.82, 2.24) is 5.32 Å². The number of hydrogen-bond acceptors (Lipinski definition) is 1. The first-order valence-electron chi connectivity index (χ1n) is 7.99. The molecule has 1 heteroatoms. The molecule has 0 aromatic heterocycles. The van der Waals surface area contributed by atoms with Gasteiger partial charge in [-0.15, -0.1) is 0 Å². The Morgan fingerprint density at radius 3 is 2.53 bits per heavy atom. The monoisotopic (exact) mass is 239 g/mol. The molecule has 0 saturated heterocycles. The Bertz CT molecular complexity index is 178. The molecular formula is C16H33N. The van der Waals surface area contributed by atoms with E-state index in [1.165, 1.54) is 64.2 Å². The standard InChI is InChI=1S/C16H33N/c1-4-6-10-14(5-2)13-15-11-8-7-9-12-16(15)17-3/h14-17H,4-13H2,1-3H3. The van der Waals surface area contributed by atoms with Gasteiger partial charge in [0, 0.05) is 6.04 Å². The summed E-state index contributed by atoms with van der Waals surface area (Å²) in [5.74, 6) is 1.93. The minimum atomic E-state index is 0.799. The third-order valence-electron chi connectivity index (χ3n) is 4.71. The summed E-state index contributed by atoms with van der Waals surface area (Å²) in [7, 11) is 2.16. The molecule has 3 unspecified atom stereocenters. The normalized spacial score (nSPS) is 27.7. The Kier molecular flexibility index (Phi) is 7.92. The van der Waals surface area contributed by atoms with Gasteiger partial charge in [0.1, 0.15) is 0 Å². The summed E-state index contributed by atoms with van der Waals surface area (Å²) in [6, 6.07) is 0.799. The second-order valence-corrected chi connectivity index (χ2v) is 5.95. The zero-order valence-electron chi connectivity index (χ0n) is 12.3. The van der Waals surface area contributed by atoms with Crippen molar-refractivity contribution < 1.29 is 0 Å². The van der Waals surface area contributed by atoms with Crippen LogP contribution in [0, 0.1) is 11.8 Å². The molecule has 1 rings (SSSR count). The van der Waals surface area contributed by atoms with E-state index in [1.807, 2.05) is 0 Å². The highest BCUT2D eigenvalue weighted by Crippen LogP contribution is 2.31. The predicted octanol–water partition coefficient (Wildman–Crippen LogP) is 4.76. The molecule has 0 aromatic carbocycles. The zero-order valence-corrected chi connectivity index (χ0v) is 12.3. The van der Waals surface area contributed by atoms with E-state index in [4.69, 9.17) is 0 Å². The highest BCUT2D eigenvalue weighted by molar-refractivity contribution is 4.80. The van der Waals surface area contributed by atoms with Crippen molar-refractivity contribution in [3.8, 4) is 0 Å². The Morgan fingerprint density at radius 1 is 1.12 bits per heavy atom. The van der Waals surface area contributed by atoms with Gasteiger partial charge < -0.3 is 5.32 Å². The van der Waals surface area contributed by atoms with Gasteiger partial charge in [-0.25, -0.2) is 0 Å². The summed E-state index contributed by atoms with van der Waals surface area (Å²) in [5.41, 5.74) is 0. The molecule has 0 aliphatic heterocycles. The number of hydrogen-bond donors (Lipinski definition) is 1. The van der Waals surface area contributed by atoms with Gasteiger partial charge in [-0.1, -0.05) is 58.8 Å². The molecular weight excluding hydrogens is 206 g/mol. The average molecular weight is 239 g/mol. The van der Waals surface area contributed by atoms with Crippen molar-refractivity contribution in [2.45, 2.75) is 84.1 Å². The van der Waals surface area contributed by atoms with Crippen LogP contribution in [0.5, 0.6) is 0 Å². The second kappa shape index (κ2) is 8.97. The van der Waals surface area contributed by atoms with E-state index < -0.39 is 0 Å². The Morgan fingerprint density at radius 2 is 1.88 bits per heavy atom. The molecule has 0 bridgehead atoms. The summed E-state index contributed by atoms with van der Waals surface area (Å²) in [5, 5.41) is 3.58. The van der Waals surface area contributed by atoms with Crippen LogP contribution in [0.15, 0.2) is 0 Å². The van der Waals surface area contributed by atoms with Gasteiger partial charge in [-0.2, -0.15) is 0 Å². The lowest BCUT2D eigenvalue weighted by atomic mass is 9.82. The van der Waals surface area contributed by atoms with E-state index in [2.05, 4.69) is 26.2 Å². The van der Waals surface area contributed by atoms with Crippen LogP contribution < -0.4 is 5.32 Å². The van der Waals surface area contributed by atoms with Gasteiger partial charge in [-0.05, 0) is 38.1 Å². The van der Waals surface area contributed by atoms with Crippen molar-refractivity contribution in [2.24, 2.45) is 11.8 Å². The highest BCUT2D eigenvalue weighted by atomic mass is 14.9. The maximum atomic E-state index is 3.58. The highest BCUT2D eigenvalue weighted by Gasteiger charge is 2.24. The van der Waals surface area contributed by atoms with Crippen LogP contribution in [0.3, 0.4) is 0 Å². The van der Waals surface area contributed by atoms with E-state index in [9.17, 15) is 0 Å². The first-order valence-corrected chi connectivity index (χ1v) is 7.99. The number of rotatable bonds is 7. The van der Waals surface area contributed by atoms with Crippen molar-refractivity contribution in [1.29, 1.82) is 0 Å². The van der Waals surface area contributed by atoms with Gasteiger partial charge in [0.25, 0.3) is 0 Å². The molecule has 1 fully saturated rings. The molecule has 0 radical (unpaired) electrons. The van der Waals surface area contributed by atoms with Gasteiger partial charge in [0.15, 0.2) is 0 Å². The molecule has 1 saturated carbocycles. The lowest BCUT2D eigenvalue weighted by Crippen LogP contribution is -2.33. The lowest BCUT2D eigenvalue weighted by Gasteiger charge is -2.28. The molecule has 3 atom stereocenters. The van der Waals surface area contributed by atoms with Crippen LogP contribution in [0.25, 0.3) is 0 Å². The number of nitrogens with one attached hydrogen (secondary N) is 1. The minimum absolute atomic E-state index is 0.799. The molecule has 0 heterocycles. The van der Waals surface area contributed by atoms with Gasteiger partial charge >= 0.3 is 0 Å². The molecule has 1 N–H and O–H groups in total. The largest absolute Gasteiger partial charge is 0.317 e. The lowest BCUT2D eigenvalue weighted by molar-refractivity contribution is 0.265. The maximum Gasteiger partial charge on any atom is 0.00924 e. The quantitative estimate of drug-likeness (QED) is 0.632. The van der Waals surface area contributed by atoms with E-state index in [0.717, 1.165) is 17.9 Å². The third-order valence-corrected chi connectivity index (χ3v) is 4.71. The first-order chi connectivity index (χ1) is 8.31. The molecule has 1 aliphatic carbocycles. The molecule has 0 aromatic rings. The van der Waals surface area contributed by atoms with Crippen LogP contribution in [-0.2, 0) is 0 Å². The minimum Gasteiger partial charge on any atom is -0.317 e. The topological polar surface area (TPSA) is 12.0 Å². The van der Waals surface area contributed by atoms with Gasteiger partial charge in [0.2, 0.25) is 0 Å². The zero-order chi connectivity index (χ0) is 12.5. The molecule has 1 aliphatic rings. The summed E-state index contributed by atoms with van der Waals surface area (Å²) < 4.78 is 0. The molecule has 0 amide bonds. The Balaban J connectivity index is 2.43. The predicted molar refractivity (Wildman–Crippen MR) is 77.3 cm³/mol. The van der Waals surface area contributed by atoms with E-state index in [0.29, 0.717) is 0 Å². The Hall–Kier alpha value is -0.0400. The summed E-state index contributed by atoms with van der Waals surface area (Å²) in [6.07, 6.45) is 14.3. The van der Waals surface area contributed by atoms with E-state index in [1.54, 1.807) is 0 Å². The van der Waals surface area contributed by atoms with Gasteiger partial charge in [0.05, 0.1) is 0 Å². The van der Waals surface area contributed by atoms with Crippen LogP contribution in [-0.4, -0.2) is 13.1 Å². The second-order valence-electron chi connectivity index (χ2n) is 5.95. The number of unbranched alkanes of at least 4 members (excludes halogenated alkanes) is 1. The fourth-order valence-corrected chi connectivity index (χ4v) is 3.46. The fourth-order valence-electron chi connectivity index (χ4n) is 3.46. The molecule has 17 heavy (non-hydrogen) atoms. The summed E-state index contributed by atoms with van der Waals surface area (Å²) in [6.45, 7) is 4.69. The summed E-state index contributed by atoms with van der Waals surface area (Å²) >= 11 is 0. The van der Waals surface area contributed by atoms with Crippen molar-refractivity contribution in [3.63, 3.8) is 0 Å². The average Bonchev–Trinajstić information content (AvgIpc) is 2.59. The van der Waals surface area contributed by atoms with Crippen molar-refractivity contribution in [3.05, 3.63) is 0 Å². The van der Waals surface area contributed by atoms with Crippen LogP contribution in [0.2, 0.25) is 0 Å². The van der Waals surface area contributed by atoms with Crippen molar-refractivity contribution >= 4 is 0 Å². The maximum absolute atomic E-state index is 3.58.